The van der Waals surface area contributed by atoms with E-state index in [4.69, 9.17) is 10.5 Å². The Kier molecular flexibility index (Phi) is 2.43. The molecule has 0 radical (unpaired) electrons. The van der Waals surface area contributed by atoms with Crippen molar-refractivity contribution in [3.63, 3.8) is 0 Å². The number of thiophene rings is 2. The van der Waals surface area contributed by atoms with Crippen molar-refractivity contribution in [2.75, 3.05) is 12.3 Å². The number of carbonyl (C=O) groups is 1. The highest BCUT2D eigenvalue weighted by molar-refractivity contribution is 7.39. The van der Waals surface area contributed by atoms with Gasteiger partial charge in [-0.1, -0.05) is 0 Å². The third-order valence-electron chi connectivity index (χ3n) is 1.79. The summed E-state index contributed by atoms with van der Waals surface area (Å²) in [7, 11) is 0. The summed E-state index contributed by atoms with van der Waals surface area (Å²) >= 11 is 3.02. The van der Waals surface area contributed by atoms with Crippen LogP contribution in [0.5, 0.6) is 0 Å². The highest BCUT2D eigenvalue weighted by atomic mass is 32.2. The van der Waals surface area contributed by atoms with Gasteiger partial charge in [0.2, 0.25) is 0 Å². The van der Waals surface area contributed by atoms with E-state index in [0.717, 1.165) is 14.4 Å². The number of fused-ring (bicyclic) bond motifs is 1. The first-order chi connectivity index (χ1) is 6.72. The second-order valence-electron chi connectivity index (χ2n) is 2.72. The third-order valence-corrected chi connectivity index (χ3v) is 3.87. The first-order valence-electron chi connectivity index (χ1n) is 4.16. The molecule has 0 unspecified atom stereocenters. The smallest absolute Gasteiger partial charge is 0.339 e. The fourth-order valence-corrected chi connectivity index (χ4v) is 3.25. The lowest BCUT2D eigenvalue weighted by atomic mass is 10.2. The Labute approximate surface area is 89.1 Å². The quantitative estimate of drug-likeness (QED) is 0.802. The molecule has 0 saturated heterocycles. The van der Waals surface area contributed by atoms with Crippen LogP contribution in [0.2, 0.25) is 0 Å². The summed E-state index contributed by atoms with van der Waals surface area (Å²) in [5, 5.41) is 3.46. The van der Waals surface area contributed by atoms with Gasteiger partial charge in [-0.05, 0) is 13.0 Å². The van der Waals surface area contributed by atoms with Gasteiger partial charge in [0.15, 0.2) is 0 Å². The molecule has 2 rings (SSSR count). The van der Waals surface area contributed by atoms with Gasteiger partial charge >= 0.3 is 5.97 Å². The lowest BCUT2D eigenvalue weighted by Crippen LogP contribution is -2.02. The lowest BCUT2D eigenvalue weighted by Gasteiger charge is -1.97. The maximum absolute atomic E-state index is 11.5. The summed E-state index contributed by atoms with van der Waals surface area (Å²) in [6.45, 7) is 2.19. The molecule has 0 bridgehead atoms. The number of rotatable bonds is 2. The maximum Gasteiger partial charge on any atom is 0.339 e. The zero-order valence-corrected chi connectivity index (χ0v) is 9.21. The molecule has 0 spiro atoms. The Hall–Kier alpha value is -1.07. The van der Waals surface area contributed by atoms with Gasteiger partial charge < -0.3 is 10.5 Å². The van der Waals surface area contributed by atoms with Gasteiger partial charge in [-0.3, -0.25) is 0 Å². The highest BCUT2D eigenvalue weighted by Gasteiger charge is 2.14. The summed E-state index contributed by atoms with van der Waals surface area (Å²) in [5.74, 6) is -0.267. The number of nitrogen functional groups attached to an aromatic ring is 1. The molecule has 2 N–H and O–H groups in total. The molecule has 3 nitrogen and oxygen atoms in total. The summed E-state index contributed by atoms with van der Waals surface area (Å²) in [5.41, 5.74) is 6.28. The molecule has 0 amide bonds. The van der Waals surface area contributed by atoms with E-state index in [1.54, 1.807) is 6.92 Å². The number of hydrogen-bond acceptors (Lipinski definition) is 5. The van der Waals surface area contributed by atoms with E-state index in [2.05, 4.69) is 0 Å². The highest BCUT2D eigenvalue weighted by Crippen LogP contribution is 2.35. The topological polar surface area (TPSA) is 52.3 Å². The summed E-state index contributed by atoms with van der Waals surface area (Å²) in [4.78, 5) is 11.5. The minimum absolute atomic E-state index is 0.267. The fourth-order valence-electron chi connectivity index (χ4n) is 1.21. The van der Waals surface area contributed by atoms with E-state index < -0.39 is 0 Å². The molecule has 2 aromatic heterocycles. The van der Waals surface area contributed by atoms with Crippen molar-refractivity contribution in [1.29, 1.82) is 0 Å². The van der Waals surface area contributed by atoms with E-state index in [1.807, 2.05) is 11.4 Å². The van der Waals surface area contributed by atoms with Crippen molar-refractivity contribution >= 4 is 43.0 Å². The monoisotopic (exact) mass is 227 g/mol. The SMILES string of the molecule is CCOC(=O)c1csc2sc(N)cc12. The maximum atomic E-state index is 11.5. The number of ether oxygens (including phenoxy) is 1. The Balaban J connectivity index is 2.46. The molecular formula is C9H9NO2S2. The minimum atomic E-state index is -0.267. The Morgan fingerprint density at radius 1 is 1.64 bits per heavy atom. The van der Waals surface area contributed by atoms with Crippen LogP contribution < -0.4 is 5.73 Å². The van der Waals surface area contributed by atoms with Gasteiger partial charge in [-0.15, -0.1) is 22.7 Å². The molecule has 2 aromatic rings. The van der Waals surface area contributed by atoms with Crippen LogP contribution in [-0.4, -0.2) is 12.6 Å². The molecular weight excluding hydrogens is 218 g/mol. The predicted octanol–water partition coefficient (Wildman–Crippen LogP) is 2.72. The molecule has 74 valence electrons. The third kappa shape index (κ3) is 1.49. The number of anilines is 1. The molecule has 2 heterocycles. The predicted molar refractivity (Wildman–Crippen MR) is 60.1 cm³/mol. The molecule has 14 heavy (non-hydrogen) atoms. The van der Waals surface area contributed by atoms with Gasteiger partial charge in [0, 0.05) is 10.8 Å². The zero-order valence-electron chi connectivity index (χ0n) is 7.57. The number of hydrogen-bond donors (Lipinski definition) is 1. The standard InChI is InChI=1S/C9H9NO2S2/c1-2-12-8(11)6-4-13-9-5(6)3-7(10)14-9/h3-4H,2,10H2,1H3. The molecule has 0 aliphatic carbocycles. The van der Waals surface area contributed by atoms with Crippen LogP contribution in [0.4, 0.5) is 5.00 Å². The van der Waals surface area contributed by atoms with Gasteiger partial charge in [0.05, 0.1) is 21.2 Å². The zero-order chi connectivity index (χ0) is 10.1. The van der Waals surface area contributed by atoms with Crippen LogP contribution in [-0.2, 0) is 4.74 Å². The molecule has 0 aliphatic heterocycles. The van der Waals surface area contributed by atoms with Gasteiger partial charge in [-0.2, -0.15) is 0 Å². The largest absolute Gasteiger partial charge is 0.462 e. The van der Waals surface area contributed by atoms with E-state index >= 15 is 0 Å². The van der Waals surface area contributed by atoms with Crippen molar-refractivity contribution in [2.45, 2.75) is 6.92 Å². The average Bonchev–Trinajstić information content (AvgIpc) is 2.62. The van der Waals surface area contributed by atoms with Crippen molar-refractivity contribution in [3.05, 3.63) is 17.0 Å². The Morgan fingerprint density at radius 2 is 2.43 bits per heavy atom. The fraction of sp³-hybridized carbons (Fsp3) is 0.222. The van der Waals surface area contributed by atoms with E-state index in [1.165, 1.54) is 22.7 Å². The van der Waals surface area contributed by atoms with Crippen LogP contribution in [0, 0.1) is 0 Å². The first-order valence-corrected chi connectivity index (χ1v) is 5.85. The van der Waals surface area contributed by atoms with Crippen molar-refractivity contribution < 1.29 is 9.53 Å². The van der Waals surface area contributed by atoms with Crippen molar-refractivity contribution in [1.82, 2.24) is 0 Å². The normalized spacial score (nSPS) is 10.6. The van der Waals surface area contributed by atoms with Crippen molar-refractivity contribution in [3.8, 4) is 0 Å². The van der Waals surface area contributed by atoms with Crippen LogP contribution in [0.15, 0.2) is 11.4 Å². The average molecular weight is 227 g/mol. The second-order valence-corrected chi connectivity index (χ2v) is 4.94. The first kappa shape index (κ1) is 9.48. The molecule has 0 atom stereocenters. The molecule has 0 saturated carbocycles. The Morgan fingerprint density at radius 3 is 3.14 bits per heavy atom. The van der Waals surface area contributed by atoms with Crippen LogP contribution in [0.25, 0.3) is 9.40 Å². The van der Waals surface area contributed by atoms with Crippen LogP contribution in [0.1, 0.15) is 17.3 Å². The van der Waals surface area contributed by atoms with E-state index in [9.17, 15) is 4.79 Å². The number of carbonyl (C=O) groups excluding carboxylic acids is 1. The second kappa shape index (κ2) is 3.59. The molecule has 0 fully saturated rings. The van der Waals surface area contributed by atoms with Crippen LogP contribution >= 0.6 is 22.7 Å². The van der Waals surface area contributed by atoms with Gasteiger partial charge in [-0.25, -0.2) is 4.79 Å². The number of esters is 1. The summed E-state index contributed by atoms with van der Waals surface area (Å²) in [6.07, 6.45) is 0. The van der Waals surface area contributed by atoms with Gasteiger partial charge in [0.1, 0.15) is 0 Å². The Bertz CT molecular complexity index is 472. The molecule has 5 heteroatoms. The number of nitrogens with two attached hydrogens (primary N) is 1. The summed E-state index contributed by atoms with van der Waals surface area (Å²) < 4.78 is 6.01. The van der Waals surface area contributed by atoms with E-state index in [0.29, 0.717) is 12.2 Å². The van der Waals surface area contributed by atoms with Crippen molar-refractivity contribution in [2.24, 2.45) is 0 Å². The summed E-state index contributed by atoms with van der Waals surface area (Å²) in [6, 6.07) is 1.82. The van der Waals surface area contributed by atoms with Gasteiger partial charge in [0.25, 0.3) is 0 Å². The van der Waals surface area contributed by atoms with E-state index in [-0.39, 0.29) is 5.97 Å². The molecule has 0 aliphatic rings. The minimum Gasteiger partial charge on any atom is -0.462 e. The lowest BCUT2D eigenvalue weighted by molar-refractivity contribution is 0.0529. The molecule has 0 aromatic carbocycles. The van der Waals surface area contributed by atoms with Crippen LogP contribution in [0.3, 0.4) is 0 Å².